The summed E-state index contributed by atoms with van der Waals surface area (Å²) in [4.78, 5) is 15.9. The van der Waals surface area contributed by atoms with Gasteiger partial charge in [-0.2, -0.15) is 0 Å². The van der Waals surface area contributed by atoms with Gasteiger partial charge in [0.1, 0.15) is 0 Å². The maximum absolute atomic E-state index is 11.4. The zero-order valence-electron chi connectivity index (χ0n) is 12.9. The zero-order valence-corrected chi connectivity index (χ0v) is 14.9. The molecule has 104 valence electrons. The molecule has 0 saturated heterocycles. The number of carboxylic acids is 1. The molecule has 2 aromatic carbocycles. The van der Waals surface area contributed by atoms with Crippen LogP contribution in [0, 0.1) is 13.8 Å². The van der Waals surface area contributed by atoms with Gasteiger partial charge in [0.2, 0.25) is 0 Å². The van der Waals surface area contributed by atoms with Gasteiger partial charge in [-0.1, -0.05) is 30.3 Å². The van der Waals surface area contributed by atoms with Gasteiger partial charge in [0.05, 0.1) is 17.2 Å². The molecule has 0 aliphatic rings. The van der Waals surface area contributed by atoms with Crippen molar-refractivity contribution >= 4 is 16.9 Å². The Hall–Kier alpha value is -1.68. The van der Waals surface area contributed by atoms with Crippen LogP contribution in [0.1, 0.15) is 21.5 Å². The molecule has 0 radical (unpaired) electrons. The SMILES string of the molecule is Cc1ccc(-c2cc(C(=O)[O-])c3ccccc3n2)cc1C.[Na+]. The van der Waals surface area contributed by atoms with E-state index in [0.717, 1.165) is 11.1 Å². The summed E-state index contributed by atoms with van der Waals surface area (Å²) in [7, 11) is 0. The molecule has 0 N–H and O–H groups in total. The Bertz CT molecular complexity index is 859. The smallest absolute Gasteiger partial charge is 0.545 e. The number of fused-ring (bicyclic) bond motifs is 1. The Morgan fingerprint density at radius 3 is 2.41 bits per heavy atom. The molecule has 0 bridgehead atoms. The van der Waals surface area contributed by atoms with Crippen molar-refractivity contribution < 1.29 is 39.5 Å². The van der Waals surface area contributed by atoms with Crippen molar-refractivity contribution in [3.8, 4) is 11.3 Å². The molecular weight excluding hydrogens is 285 g/mol. The number of aromatic carboxylic acids is 1. The van der Waals surface area contributed by atoms with Gasteiger partial charge in [0.25, 0.3) is 0 Å². The summed E-state index contributed by atoms with van der Waals surface area (Å²) >= 11 is 0. The Balaban J connectivity index is 0.00000176. The van der Waals surface area contributed by atoms with Crippen LogP contribution in [-0.2, 0) is 0 Å². The summed E-state index contributed by atoms with van der Waals surface area (Å²) in [6, 6.07) is 14.8. The molecule has 0 atom stereocenters. The average Bonchev–Trinajstić information content (AvgIpc) is 2.48. The van der Waals surface area contributed by atoms with Crippen LogP contribution in [0.5, 0.6) is 0 Å². The number of hydrogen-bond donors (Lipinski definition) is 0. The number of benzene rings is 2. The Labute approximate surface area is 151 Å². The average molecular weight is 299 g/mol. The van der Waals surface area contributed by atoms with E-state index < -0.39 is 5.97 Å². The van der Waals surface area contributed by atoms with Gasteiger partial charge in [-0.3, -0.25) is 0 Å². The number of carbonyl (C=O) groups is 1. The number of hydrogen-bond acceptors (Lipinski definition) is 3. The Kier molecular flexibility index (Phi) is 5.01. The first kappa shape index (κ1) is 16.7. The van der Waals surface area contributed by atoms with Gasteiger partial charge in [-0.15, -0.1) is 0 Å². The minimum Gasteiger partial charge on any atom is -0.545 e. The minimum absolute atomic E-state index is 0. The molecule has 4 heteroatoms. The number of aryl methyl sites for hydroxylation is 2. The second-order valence-electron chi connectivity index (χ2n) is 5.16. The fourth-order valence-electron chi connectivity index (χ4n) is 2.39. The van der Waals surface area contributed by atoms with Crippen LogP contribution in [-0.4, -0.2) is 11.0 Å². The second-order valence-corrected chi connectivity index (χ2v) is 5.16. The molecule has 0 amide bonds. The Morgan fingerprint density at radius 2 is 1.73 bits per heavy atom. The van der Waals surface area contributed by atoms with Crippen molar-refractivity contribution in [1.82, 2.24) is 4.98 Å². The molecule has 0 fully saturated rings. The van der Waals surface area contributed by atoms with Crippen molar-refractivity contribution in [3.05, 3.63) is 65.2 Å². The van der Waals surface area contributed by atoms with Crippen molar-refractivity contribution in [2.75, 3.05) is 0 Å². The number of para-hydroxylation sites is 1. The number of nitrogens with zero attached hydrogens (tertiary/aromatic N) is 1. The van der Waals surface area contributed by atoms with Gasteiger partial charge >= 0.3 is 29.6 Å². The van der Waals surface area contributed by atoms with Crippen molar-refractivity contribution in [2.24, 2.45) is 0 Å². The van der Waals surface area contributed by atoms with Crippen molar-refractivity contribution in [3.63, 3.8) is 0 Å². The molecule has 3 rings (SSSR count). The molecule has 0 aliphatic heterocycles. The van der Waals surface area contributed by atoms with Crippen LogP contribution in [0.2, 0.25) is 0 Å². The van der Waals surface area contributed by atoms with Gasteiger partial charge in [0.15, 0.2) is 0 Å². The van der Waals surface area contributed by atoms with Crippen molar-refractivity contribution in [1.29, 1.82) is 0 Å². The molecule has 1 heterocycles. The fraction of sp³-hybridized carbons (Fsp3) is 0.111. The van der Waals surface area contributed by atoms with Gasteiger partial charge in [0, 0.05) is 16.5 Å². The van der Waals surface area contributed by atoms with E-state index in [1.165, 1.54) is 5.56 Å². The monoisotopic (exact) mass is 299 g/mol. The first-order valence-corrected chi connectivity index (χ1v) is 6.75. The summed E-state index contributed by atoms with van der Waals surface area (Å²) in [6.07, 6.45) is 0. The fourth-order valence-corrected chi connectivity index (χ4v) is 2.39. The molecular formula is C18H14NNaO2. The van der Waals surface area contributed by atoms with Gasteiger partial charge < -0.3 is 9.90 Å². The molecule has 3 nitrogen and oxygen atoms in total. The molecule has 3 aromatic rings. The summed E-state index contributed by atoms with van der Waals surface area (Å²) in [5, 5.41) is 12.0. The third-order valence-corrected chi connectivity index (χ3v) is 3.74. The molecule has 1 aromatic heterocycles. The van der Waals surface area contributed by atoms with Crippen LogP contribution in [0.25, 0.3) is 22.2 Å². The van der Waals surface area contributed by atoms with Gasteiger partial charge in [-0.25, -0.2) is 4.98 Å². The third kappa shape index (κ3) is 3.07. The maximum Gasteiger partial charge on any atom is 1.00 e. The molecule has 0 unspecified atom stereocenters. The number of carboxylic acid groups (broad SMARTS) is 1. The van der Waals surface area contributed by atoms with E-state index in [1.54, 1.807) is 18.2 Å². The summed E-state index contributed by atoms with van der Waals surface area (Å²) in [6.45, 7) is 4.07. The normalized spacial score (nSPS) is 10.3. The van der Waals surface area contributed by atoms with Crippen LogP contribution in [0.3, 0.4) is 0 Å². The van der Waals surface area contributed by atoms with E-state index in [4.69, 9.17) is 0 Å². The van der Waals surface area contributed by atoms with Crippen LogP contribution < -0.4 is 34.7 Å². The van der Waals surface area contributed by atoms with E-state index in [2.05, 4.69) is 4.98 Å². The van der Waals surface area contributed by atoms with Crippen LogP contribution >= 0.6 is 0 Å². The van der Waals surface area contributed by atoms with Gasteiger partial charge in [-0.05, 0) is 43.2 Å². The second kappa shape index (κ2) is 6.61. The van der Waals surface area contributed by atoms with E-state index in [1.807, 2.05) is 44.2 Å². The summed E-state index contributed by atoms with van der Waals surface area (Å²) in [5.41, 5.74) is 4.74. The number of carbonyl (C=O) groups excluding carboxylic acids is 1. The van der Waals surface area contributed by atoms with E-state index in [0.29, 0.717) is 16.6 Å². The van der Waals surface area contributed by atoms with Crippen molar-refractivity contribution in [2.45, 2.75) is 13.8 Å². The zero-order chi connectivity index (χ0) is 15.0. The molecule has 0 aliphatic carbocycles. The number of rotatable bonds is 2. The van der Waals surface area contributed by atoms with E-state index in [9.17, 15) is 9.90 Å². The molecule has 22 heavy (non-hydrogen) atoms. The first-order valence-electron chi connectivity index (χ1n) is 6.75. The topological polar surface area (TPSA) is 53.0 Å². The maximum atomic E-state index is 11.4. The molecule has 0 saturated carbocycles. The van der Waals surface area contributed by atoms with E-state index in [-0.39, 0.29) is 35.1 Å². The van der Waals surface area contributed by atoms with Crippen LogP contribution in [0.4, 0.5) is 0 Å². The number of pyridine rings is 1. The van der Waals surface area contributed by atoms with Crippen LogP contribution in [0.15, 0.2) is 48.5 Å². The summed E-state index contributed by atoms with van der Waals surface area (Å²) < 4.78 is 0. The quantitative estimate of drug-likeness (QED) is 0.620. The predicted octanol–water partition coefficient (Wildman–Crippen LogP) is -0.114. The largest absolute Gasteiger partial charge is 1.00 e. The Morgan fingerprint density at radius 1 is 1.00 bits per heavy atom. The third-order valence-electron chi connectivity index (χ3n) is 3.74. The predicted molar refractivity (Wildman–Crippen MR) is 81.0 cm³/mol. The summed E-state index contributed by atoms with van der Waals surface area (Å²) in [5.74, 6) is -1.18. The van der Waals surface area contributed by atoms with E-state index >= 15 is 0 Å². The minimum atomic E-state index is -1.18. The standard InChI is InChI=1S/C18H15NO2.Na/c1-11-7-8-13(9-12(11)2)17-10-15(18(20)21)14-5-3-4-6-16(14)19-17;/h3-10H,1-2H3,(H,20,21);/q;+1/p-1. The molecule has 0 spiro atoms. The number of aromatic nitrogens is 1. The first-order chi connectivity index (χ1) is 10.1.